The monoisotopic (exact) mass is 526 g/mol. The van der Waals surface area contributed by atoms with Crippen LogP contribution >= 0.6 is 23.2 Å². The number of carbonyl (C=O) groups excluding carboxylic acids is 2. The Bertz CT molecular complexity index is 1400. The number of rotatable bonds is 7. The number of hydrogen-bond donors (Lipinski definition) is 2. The van der Waals surface area contributed by atoms with Crippen LogP contribution in [-0.4, -0.2) is 44.6 Å². The maximum atomic E-state index is 13.4. The molecular weight excluding hydrogens is 512 g/mol. The molecular formula is C21H15Cl2F3N6O3. The molecule has 0 radical (unpaired) electrons. The topological polar surface area (TPSA) is 115 Å². The molecule has 182 valence electrons. The third kappa shape index (κ3) is 5.54. The normalized spacial score (nSPS) is 11.6. The third-order valence-electron chi connectivity index (χ3n) is 4.75. The van der Waals surface area contributed by atoms with Crippen LogP contribution in [0.5, 0.6) is 0 Å². The Hall–Kier alpha value is -3.64. The highest BCUT2D eigenvalue weighted by atomic mass is 35.5. The molecule has 2 aromatic heterocycles. The molecule has 0 aliphatic carbocycles. The quantitative estimate of drug-likeness (QED) is 0.352. The van der Waals surface area contributed by atoms with Crippen molar-refractivity contribution >= 4 is 46.0 Å². The highest BCUT2D eigenvalue weighted by molar-refractivity contribution is 6.42. The van der Waals surface area contributed by atoms with Gasteiger partial charge in [0.25, 0.3) is 5.91 Å². The van der Waals surface area contributed by atoms with Crippen LogP contribution in [0.3, 0.4) is 0 Å². The van der Waals surface area contributed by atoms with Crippen LogP contribution in [0, 0.1) is 0 Å². The molecule has 0 aliphatic rings. The van der Waals surface area contributed by atoms with Crippen LogP contribution in [0.25, 0.3) is 11.0 Å². The first-order chi connectivity index (χ1) is 16.6. The second-order valence-corrected chi connectivity index (χ2v) is 7.98. The van der Waals surface area contributed by atoms with Crippen molar-refractivity contribution in [3.63, 3.8) is 0 Å². The number of imidazole rings is 1. The van der Waals surface area contributed by atoms with Gasteiger partial charge in [0.2, 0.25) is 5.82 Å². The first-order valence-corrected chi connectivity index (χ1v) is 10.8. The number of fused-ring (bicyclic) bond motifs is 1. The predicted octanol–water partition coefficient (Wildman–Crippen LogP) is 3.95. The Labute approximate surface area is 205 Å². The molecule has 0 saturated carbocycles. The molecule has 0 bridgehead atoms. The van der Waals surface area contributed by atoms with Gasteiger partial charge in [-0.3, -0.25) is 9.59 Å². The van der Waals surface area contributed by atoms with Gasteiger partial charge in [-0.2, -0.15) is 18.2 Å². The summed E-state index contributed by atoms with van der Waals surface area (Å²) in [5, 5.41) is 9.19. The van der Waals surface area contributed by atoms with E-state index in [0.29, 0.717) is 5.02 Å². The summed E-state index contributed by atoms with van der Waals surface area (Å²) in [5.41, 5.74) is 0.676. The van der Waals surface area contributed by atoms with Crippen LogP contribution in [-0.2, 0) is 12.7 Å². The Balaban J connectivity index is 1.36. The number of carbonyl (C=O) groups is 2. The molecule has 2 heterocycles. The highest BCUT2D eigenvalue weighted by Crippen LogP contribution is 2.31. The van der Waals surface area contributed by atoms with E-state index >= 15 is 0 Å². The smallest absolute Gasteiger partial charge is 0.350 e. The van der Waals surface area contributed by atoms with Gasteiger partial charge >= 0.3 is 18.0 Å². The van der Waals surface area contributed by atoms with Crippen molar-refractivity contribution in [2.24, 2.45) is 0 Å². The lowest BCUT2D eigenvalue weighted by molar-refractivity contribution is -0.146. The molecule has 0 spiro atoms. The molecule has 4 rings (SSSR count). The highest BCUT2D eigenvalue weighted by Gasteiger charge is 2.38. The summed E-state index contributed by atoms with van der Waals surface area (Å²) in [4.78, 5) is 31.9. The van der Waals surface area contributed by atoms with Crippen LogP contribution in [0.4, 0.5) is 13.2 Å². The molecule has 9 nitrogen and oxygen atoms in total. The number of nitrogens with one attached hydrogen (secondary N) is 2. The molecule has 0 aliphatic heterocycles. The number of para-hydroxylation sites is 2. The van der Waals surface area contributed by atoms with E-state index in [1.807, 2.05) is 0 Å². The average Bonchev–Trinajstić information content (AvgIpc) is 3.44. The Morgan fingerprint density at radius 2 is 1.69 bits per heavy atom. The molecule has 2 N–H and O–H groups in total. The van der Waals surface area contributed by atoms with Gasteiger partial charge in [0.05, 0.1) is 27.6 Å². The van der Waals surface area contributed by atoms with E-state index in [2.05, 4.69) is 25.8 Å². The number of nitrogens with zero attached hydrogens (tertiary/aromatic N) is 4. The van der Waals surface area contributed by atoms with Crippen molar-refractivity contribution in [3.8, 4) is 0 Å². The van der Waals surface area contributed by atoms with Gasteiger partial charge in [0.1, 0.15) is 0 Å². The van der Waals surface area contributed by atoms with E-state index in [1.165, 1.54) is 30.3 Å². The Morgan fingerprint density at radius 3 is 2.40 bits per heavy atom. The molecule has 0 unspecified atom stereocenters. The van der Waals surface area contributed by atoms with E-state index in [0.717, 1.165) is 4.57 Å². The molecule has 2 aromatic carbocycles. The number of aromatic nitrogens is 4. The van der Waals surface area contributed by atoms with Gasteiger partial charge in [-0.25, -0.2) is 4.98 Å². The largest absolute Gasteiger partial charge is 0.449 e. The SMILES string of the molecule is O=C(NCCNC(=O)c1nc(Cn2c(C(F)(F)F)nc3ccccc32)no1)c1ccc(Cl)c(Cl)c1. The van der Waals surface area contributed by atoms with E-state index in [-0.39, 0.29) is 40.5 Å². The van der Waals surface area contributed by atoms with Crippen molar-refractivity contribution < 1.29 is 27.3 Å². The summed E-state index contributed by atoms with van der Waals surface area (Å²) in [6.45, 7) is -0.318. The number of alkyl halides is 3. The summed E-state index contributed by atoms with van der Waals surface area (Å²) in [7, 11) is 0. The summed E-state index contributed by atoms with van der Waals surface area (Å²) in [6.07, 6.45) is -4.70. The van der Waals surface area contributed by atoms with Crippen molar-refractivity contribution in [1.82, 2.24) is 30.3 Å². The lowest BCUT2D eigenvalue weighted by Gasteiger charge is -2.09. The van der Waals surface area contributed by atoms with E-state index in [9.17, 15) is 22.8 Å². The summed E-state index contributed by atoms with van der Waals surface area (Å²) in [5.74, 6) is -2.87. The second-order valence-electron chi connectivity index (χ2n) is 7.16. The minimum absolute atomic E-state index is 0.0218. The number of benzene rings is 2. The first kappa shape index (κ1) is 24.5. The zero-order chi connectivity index (χ0) is 25.2. The van der Waals surface area contributed by atoms with Crippen molar-refractivity contribution in [3.05, 3.63) is 75.6 Å². The lowest BCUT2D eigenvalue weighted by Crippen LogP contribution is -2.34. The fourth-order valence-electron chi connectivity index (χ4n) is 3.17. The standard InChI is InChI=1S/C21H15Cl2F3N6O3/c22-12-6-5-11(9-13(12)23)17(33)27-7-8-28-18(34)19-30-16(31-35-19)10-32-15-4-2-1-3-14(15)29-20(32)21(24,25)26/h1-6,9H,7-8,10H2,(H,27,33)(H,28,34). The van der Waals surface area contributed by atoms with Crippen LogP contribution in [0.2, 0.25) is 10.0 Å². The predicted molar refractivity (Wildman–Crippen MR) is 119 cm³/mol. The van der Waals surface area contributed by atoms with Gasteiger partial charge < -0.3 is 19.7 Å². The van der Waals surface area contributed by atoms with Crippen LogP contribution < -0.4 is 10.6 Å². The number of hydrogen-bond acceptors (Lipinski definition) is 6. The van der Waals surface area contributed by atoms with Crippen LogP contribution in [0.1, 0.15) is 32.7 Å². The maximum Gasteiger partial charge on any atom is 0.449 e. The number of halogens is 5. The summed E-state index contributed by atoms with van der Waals surface area (Å²) < 4.78 is 46.1. The third-order valence-corrected chi connectivity index (χ3v) is 5.49. The molecule has 35 heavy (non-hydrogen) atoms. The van der Waals surface area contributed by atoms with Gasteiger partial charge in [-0.1, -0.05) is 40.5 Å². The van der Waals surface area contributed by atoms with Crippen molar-refractivity contribution in [2.75, 3.05) is 13.1 Å². The summed E-state index contributed by atoms with van der Waals surface area (Å²) in [6, 6.07) is 10.5. The van der Waals surface area contributed by atoms with Gasteiger partial charge in [0.15, 0.2) is 5.82 Å². The minimum atomic E-state index is -4.70. The fraction of sp³-hybridized carbons (Fsp3) is 0.190. The van der Waals surface area contributed by atoms with E-state index < -0.39 is 36.3 Å². The minimum Gasteiger partial charge on any atom is -0.350 e. The summed E-state index contributed by atoms with van der Waals surface area (Å²) >= 11 is 11.7. The van der Waals surface area contributed by atoms with Gasteiger partial charge in [-0.15, -0.1) is 0 Å². The van der Waals surface area contributed by atoms with Gasteiger partial charge in [0, 0.05) is 18.7 Å². The molecule has 4 aromatic rings. The Kier molecular flexibility index (Phi) is 6.94. The van der Waals surface area contributed by atoms with E-state index in [1.54, 1.807) is 12.1 Å². The lowest BCUT2D eigenvalue weighted by atomic mass is 10.2. The fourth-order valence-corrected chi connectivity index (χ4v) is 3.47. The second kappa shape index (κ2) is 9.92. The van der Waals surface area contributed by atoms with Crippen LogP contribution in [0.15, 0.2) is 47.0 Å². The number of amides is 2. The average molecular weight is 527 g/mol. The molecule has 0 fully saturated rings. The van der Waals surface area contributed by atoms with Gasteiger partial charge in [-0.05, 0) is 30.3 Å². The molecule has 0 atom stereocenters. The van der Waals surface area contributed by atoms with Crippen molar-refractivity contribution in [1.29, 1.82) is 0 Å². The molecule has 14 heteroatoms. The van der Waals surface area contributed by atoms with Crippen molar-refractivity contribution in [2.45, 2.75) is 12.7 Å². The van der Waals surface area contributed by atoms with E-state index in [4.69, 9.17) is 27.7 Å². The Morgan fingerprint density at radius 1 is 0.971 bits per heavy atom. The molecule has 2 amide bonds. The zero-order valence-electron chi connectivity index (χ0n) is 17.6. The maximum absolute atomic E-state index is 13.4. The zero-order valence-corrected chi connectivity index (χ0v) is 19.1. The first-order valence-electron chi connectivity index (χ1n) is 10.00. The molecule has 0 saturated heterocycles.